The van der Waals surface area contributed by atoms with Crippen LogP contribution in [0.2, 0.25) is 5.25 Å². The van der Waals surface area contributed by atoms with Crippen LogP contribution < -0.4 is 8.79 Å². The first kappa shape index (κ1) is 29.1. The van der Waals surface area contributed by atoms with Crippen LogP contribution in [0.3, 0.4) is 0 Å². The molecule has 0 radical (unpaired) electrons. The zero-order chi connectivity index (χ0) is 27.8. The first-order valence-electron chi connectivity index (χ1n) is 12.9. The van der Waals surface area contributed by atoms with E-state index >= 15 is 0 Å². The van der Waals surface area contributed by atoms with Crippen molar-refractivity contribution in [1.29, 1.82) is 0 Å². The number of hydrogen-bond acceptors (Lipinski definition) is 0. The van der Waals surface area contributed by atoms with Crippen LogP contribution >= 0.6 is 0 Å². The van der Waals surface area contributed by atoms with Crippen LogP contribution in [0.4, 0.5) is 13.2 Å². The number of aryl methyl sites for hydroxylation is 6. The Morgan fingerprint density at radius 2 is 1.08 bits per heavy atom. The summed E-state index contributed by atoms with van der Waals surface area (Å²) in [5, 5.41) is 0.993. The Bertz CT molecular complexity index is 1240. The number of rotatable bonds is 4. The van der Waals surface area contributed by atoms with Gasteiger partial charge in [-0.25, -0.2) is 0 Å². The normalized spacial score (nSPS) is 12.3. The van der Waals surface area contributed by atoms with Crippen molar-refractivity contribution in [3.05, 3.63) is 93.0 Å². The van der Waals surface area contributed by atoms with Crippen molar-refractivity contribution in [3.63, 3.8) is 0 Å². The third kappa shape index (κ3) is 6.71. The number of benzene rings is 3. The molecule has 0 fully saturated rings. The molecule has 0 bridgehead atoms. The Balaban J connectivity index is 2.39. The Morgan fingerprint density at radius 3 is 1.43 bits per heavy atom. The molecule has 0 nitrogen and oxygen atoms in total. The van der Waals surface area contributed by atoms with Gasteiger partial charge in [-0.3, -0.25) is 0 Å². The van der Waals surface area contributed by atoms with E-state index in [0.29, 0.717) is 5.56 Å². The van der Waals surface area contributed by atoms with Crippen molar-refractivity contribution in [3.8, 4) is 10.7 Å². The van der Waals surface area contributed by atoms with Crippen molar-refractivity contribution in [2.45, 2.75) is 80.2 Å². The fourth-order valence-electron chi connectivity index (χ4n) is 5.75. The summed E-state index contributed by atoms with van der Waals surface area (Å²) >= 11 is -3.43. The molecule has 4 heteroatoms. The number of hydrogen-bond donors (Lipinski definition) is 0. The maximum absolute atomic E-state index is 13.2. The zero-order valence-corrected chi connectivity index (χ0v) is 25.8. The van der Waals surface area contributed by atoms with Gasteiger partial charge in [0.1, 0.15) is 0 Å². The summed E-state index contributed by atoms with van der Waals surface area (Å²) in [4.78, 5) is 0. The van der Waals surface area contributed by atoms with E-state index in [1.807, 2.05) is 0 Å². The van der Waals surface area contributed by atoms with Crippen molar-refractivity contribution < 1.29 is 13.2 Å². The predicted molar refractivity (Wildman–Crippen MR) is 154 cm³/mol. The van der Waals surface area contributed by atoms with E-state index in [1.54, 1.807) is 0 Å². The van der Waals surface area contributed by atoms with Gasteiger partial charge < -0.3 is 0 Å². The second-order valence-corrected chi connectivity index (χ2v) is 19.3. The molecule has 0 amide bonds. The van der Waals surface area contributed by atoms with E-state index in [9.17, 15) is 13.2 Å². The molecule has 3 rings (SSSR count). The van der Waals surface area contributed by atoms with Gasteiger partial charge >= 0.3 is 225 Å². The van der Waals surface area contributed by atoms with Gasteiger partial charge in [0.15, 0.2) is 0 Å². The molecule has 3 aromatic carbocycles. The van der Waals surface area contributed by atoms with Gasteiger partial charge in [-0.1, -0.05) is 0 Å². The third-order valence-electron chi connectivity index (χ3n) is 7.09. The Hall–Kier alpha value is -2.45. The molecule has 37 heavy (non-hydrogen) atoms. The van der Waals surface area contributed by atoms with Gasteiger partial charge in [-0.15, -0.1) is 0 Å². The average Bonchev–Trinajstić information content (AvgIpc) is 2.73. The maximum atomic E-state index is 13.2. The summed E-state index contributed by atoms with van der Waals surface area (Å²) in [5.41, 5.74) is 7.67. The van der Waals surface area contributed by atoms with Gasteiger partial charge in [-0.05, 0) is 0 Å². The molecule has 0 spiro atoms. The van der Waals surface area contributed by atoms with E-state index in [4.69, 9.17) is 0 Å². The van der Waals surface area contributed by atoms with Crippen LogP contribution in [-0.4, -0.2) is 13.3 Å². The van der Waals surface area contributed by atoms with Gasteiger partial charge in [0.2, 0.25) is 0 Å². The summed E-state index contributed by atoms with van der Waals surface area (Å²) in [6, 6.07) is 14.3. The van der Waals surface area contributed by atoms with Crippen LogP contribution in [0, 0.1) is 57.6 Å². The average molecular weight is 565 g/mol. The van der Waals surface area contributed by atoms with Crippen LogP contribution in [0.15, 0.2) is 48.5 Å². The molecule has 0 aliphatic rings. The molecule has 0 atom stereocenters. The van der Waals surface area contributed by atoms with E-state index in [1.165, 1.54) is 54.3 Å². The van der Waals surface area contributed by atoms with Gasteiger partial charge in [0.25, 0.3) is 0 Å². The molecule has 0 aliphatic carbocycles. The molecule has 196 valence electrons. The second kappa shape index (κ2) is 10.7. The van der Waals surface area contributed by atoms with E-state index in [-0.39, 0.29) is 5.41 Å². The van der Waals surface area contributed by atoms with Crippen molar-refractivity contribution in [2.75, 3.05) is 0 Å². The topological polar surface area (TPSA) is 0 Å². The first-order chi connectivity index (χ1) is 17.0. The summed E-state index contributed by atoms with van der Waals surface area (Å²) < 4.78 is 46.2. The molecule has 0 saturated carbocycles. The minimum atomic E-state index is -4.35. The van der Waals surface area contributed by atoms with Gasteiger partial charge in [-0.2, -0.15) is 0 Å². The predicted octanol–water partition coefficient (Wildman–Crippen LogP) is 8.15. The quantitative estimate of drug-likeness (QED) is 0.221. The summed E-state index contributed by atoms with van der Waals surface area (Å²) in [6.07, 6.45) is -3.33. The monoisotopic (exact) mass is 566 g/mol. The van der Waals surface area contributed by atoms with E-state index < -0.39 is 25.0 Å². The third-order valence-corrected chi connectivity index (χ3v) is 17.2. The first-order valence-corrected chi connectivity index (χ1v) is 17.5. The summed E-state index contributed by atoms with van der Waals surface area (Å²) in [5.74, 6) is 3.40. The molecular formula is C33H39F3Ge. The van der Waals surface area contributed by atoms with Crippen molar-refractivity contribution in [1.82, 2.24) is 0 Å². The molecule has 0 aliphatic heterocycles. The van der Waals surface area contributed by atoms with Gasteiger partial charge in [0, 0.05) is 0 Å². The fourth-order valence-corrected chi connectivity index (χ4v) is 17.5. The van der Waals surface area contributed by atoms with Crippen molar-refractivity contribution in [2.24, 2.45) is 5.41 Å². The van der Waals surface area contributed by atoms with Crippen LogP contribution in [0.25, 0.3) is 0 Å². The molecule has 3 aromatic rings. The fraction of sp³-hybridized carbons (Fsp3) is 0.394. The van der Waals surface area contributed by atoms with E-state index in [2.05, 4.69) is 97.3 Å². The summed E-state index contributed by atoms with van der Waals surface area (Å²) in [7, 11) is 0. The summed E-state index contributed by atoms with van der Waals surface area (Å²) in [6.45, 7) is 19.9. The minimum absolute atomic E-state index is 0.131. The molecule has 0 aromatic heterocycles. The van der Waals surface area contributed by atoms with Crippen LogP contribution in [0.5, 0.6) is 0 Å². The molecular weight excluding hydrogens is 526 g/mol. The van der Waals surface area contributed by atoms with E-state index in [0.717, 1.165) is 23.8 Å². The molecule has 0 N–H and O–H groups in total. The number of halogens is 3. The Labute approximate surface area is 224 Å². The molecule has 0 heterocycles. The second-order valence-electron chi connectivity index (χ2n) is 11.8. The number of alkyl halides is 3. The Kier molecular flexibility index (Phi) is 8.45. The molecule has 0 saturated heterocycles. The SMILES string of the molecule is Cc1cc(C)[c]([Ge]([C]#Cc2ccc(C(F)(F)F)cc2)([CH2]CC(C)(C)C)[c]2c(C)cc(C)cc2C)c(C)c1. The van der Waals surface area contributed by atoms with Crippen LogP contribution in [-0.2, 0) is 6.18 Å². The standard InChI is InChI=1S/C33H39F3Ge/c1-22-18-24(3)30(25(4)19-22)37(17-15-32(7,8)9,31-26(5)20-23(2)21-27(31)6)16-14-28-10-12-29(13-11-28)33(34,35)36/h10-13,18-21H,15,17H2,1-9H3. The Morgan fingerprint density at radius 1 is 0.676 bits per heavy atom. The zero-order valence-electron chi connectivity index (χ0n) is 23.7. The molecule has 0 unspecified atom stereocenters. The van der Waals surface area contributed by atoms with Gasteiger partial charge in [0.05, 0.1) is 0 Å². The van der Waals surface area contributed by atoms with Crippen LogP contribution in [0.1, 0.15) is 71.7 Å². The van der Waals surface area contributed by atoms with Crippen molar-refractivity contribution >= 4 is 22.1 Å².